The number of fused-ring (bicyclic) bond motifs is 1. The van der Waals surface area contributed by atoms with Crippen molar-refractivity contribution in [3.05, 3.63) is 41.3 Å². The molecule has 0 atom stereocenters. The van der Waals surface area contributed by atoms with Crippen molar-refractivity contribution < 1.29 is 22.3 Å². The van der Waals surface area contributed by atoms with E-state index in [-0.39, 0.29) is 19.0 Å². The molecule has 2 aliphatic heterocycles. The molecule has 0 radical (unpaired) electrons. The van der Waals surface area contributed by atoms with Crippen molar-refractivity contribution in [2.75, 3.05) is 62.7 Å². The van der Waals surface area contributed by atoms with E-state index in [2.05, 4.69) is 27.4 Å². The normalized spacial score (nSPS) is 17.1. The lowest BCUT2D eigenvalue weighted by molar-refractivity contribution is -0.174. The SMILES string of the molecule is CCc1c(CN2CCCCC2)c2nc(N3CCNCC3)nc(Nc3ccc(F)cc3)c2n1CCOCC(F)(F)F. The van der Waals surface area contributed by atoms with Crippen LogP contribution in [0.3, 0.4) is 0 Å². The lowest BCUT2D eigenvalue weighted by Crippen LogP contribution is -2.44. The molecule has 1 aromatic carbocycles. The molecule has 0 saturated carbocycles. The summed E-state index contributed by atoms with van der Waals surface area (Å²) < 4.78 is 59.1. The second kappa shape index (κ2) is 12.7. The molecule has 2 aliphatic rings. The average molecular weight is 564 g/mol. The highest BCUT2D eigenvalue weighted by molar-refractivity contribution is 5.93. The Balaban J connectivity index is 1.62. The smallest absolute Gasteiger partial charge is 0.370 e. The third-order valence-electron chi connectivity index (χ3n) is 7.50. The highest BCUT2D eigenvalue weighted by Crippen LogP contribution is 2.35. The molecule has 2 fully saturated rings. The fourth-order valence-electron chi connectivity index (χ4n) is 5.61. The van der Waals surface area contributed by atoms with Gasteiger partial charge in [-0.25, -0.2) is 9.37 Å². The van der Waals surface area contributed by atoms with Crippen LogP contribution < -0.4 is 15.5 Å². The van der Waals surface area contributed by atoms with Crippen LogP contribution in [0.4, 0.5) is 35.0 Å². The van der Waals surface area contributed by atoms with E-state index in [1.807, 2.05) is 4.57 Å². The van der Waals surface area contributed by atoms with Crippen molar-refractivity contribution in [2.24, 2.45) is 0 Å². The number of likely N-dealkylation sites (tertiary alicyclic amines) is 1. The van der Waals surface area contributed by atoms with Gasteiger partial charge in [0.1, 0.15) is 23.5 Å². The Morgan fingerprint density at radius 1 is 1.00 bits per heavy atom. The van der Waals surface area contributed by atoms with Crippen LogP contribution in [0.1, 0.15) is 37.4 Å². The monoisotopic (exact) mass is 563 g/mol. The molecule has 5 rings (SSSR count). The first-order chi connectivity index (χ1) is 19.3. The van der Waals surface area contributed by atoms with Crippen molar-refractivity contribution in [3.8, 4) is 0 Å². The number of nitrogens with zero attached hydrogens (tertiary/aromatic N) is 5. The Bertz CT molecular complexity index is 1270. The molecule has 2 saturated heterocycles. The minimum Gasteiger partial charge on any atom is -0.370 e. The number of halogens is 4. The Morgan fingerprint density at radius 3 is 2.40 bits per heavy atom. The molecule has 12 heteroatoms. The summed E-state index contributed by atoms with van der Waals surface area (Å²) in [5.74, 6) is 0.800. The third-order valence-corrected chi connectivity index (χ3v) is 7.50. The molecular weight excluding hydrogens is 526 g/mol. The van der Waals surface area contributed by atoms with E-state index in [0.29, 0.717) is 30.4 Å². The zero-order valence-corrected chi connectivity index (χ0v) is 22.9. The topological polar surface area (TPSA) is 70.5 Å². The first-order valence-corrected chi connectivity index (χ1v) is 14.1. The Kier molecular flexibility index (Phi) is 9.07. The van der Waals surface area contributed by atoms with Crippen LogP contribution in [0.2, 0.25) is 0 Å². The van der Waals surface area contributed by atoms with E-state index in [4.69, 9.17) is 14.7 Å². The molecular formula is C28H37F4N7O. The van der Waals surface area contributed by atoms with Gasteiger partial charge in [-0.15, -0.1) is 0 Å². The Morgan fingerprint density at radius 2 is 1.73 bits per heavy atom. The van der Waals surface area contributed by atoms with Gasteiger partial charge in [0.05, 0.1) is 6.61 Å². The maximum absolute atomic E-state index is 13.7. The second-order valence-electron chi connectivity index (χ2n) is 10.4. The number of aromatic nitrogens is 3. The fraction of sp³-hybridized carbons (Fsp3) is 0.571. The van der Waals surface area contributed by atoms with Crippen molar-refractivity contribution in [1.29, 1.82) is 0 Å². The molecule has 218 valence electrons. The first-order valence-electron chi connectivity index (χ1n) is 14.1. The molecule has 3 aromatic rings. The van der Waals surface area contributed by atoms with Gasteiger partial charge in [0.2, 0.25) is 5.95 Å². The molecule has 2 aromatic heterocycles. The standard InChI is InChI=1S/C28H37F4N7O/c1-2-23-22(18-37-12-4-3-5-13-37)24-25(39(23)16-17-40-19-28(30,31)32)26(34-21-8-6-20(29)7-9-21)36-27(35-24)38-14-10-33-11-15-38/h6-9,33H,2-5,10-19H2,1H3,(H,34,35,36). The Labute approximate surface area is 231 Å². The van der Waals surface area contributed by atoms with Gasteiger partial charge in [-0.05, 0) is 56.6 Å². The quantitative estimate of drug-likeness (QED) is 0.270. The molecule has 0 bridgehead atoms. The summed E-state index contributed by atoms with van der Waals surface area (Å²) in [5, 5.41) is 6.72. The average Bonchev–Trinajstić information content (AvgIpc) is 3.25. The number of rotatable bonds is 10. The minimum atomic E-state index is -4.39. The van der Waals surface area contributed by atoms with Crippen molar-refractivity contribution in [2.45, 2.75) is 51.9 Å². The van der Waals surface area contributed by atoms with Crippen molar-refractivity contribution in [3.63, 3.8) is 0 Å². The maximum atomic E-state index is 13.7. The third kappa shape index (κ3) is 6.84. The van der Waals surface area contributed by atoms with Crippen LogP contribution in [-0.4, -0.2) is 78.1 Å². The summed E-state index contributed by atoms with van der Waals surface area (Å²) >= 11 is 0. The molecule has 0 unspecified atom stereocenters. The van der Waals surface area contributed by atoms with Gasteiger partial charge in [0, 0.05) is 56.2 Å². The van der Waals surface area contributed by atoms with Crippen LogP contribution in [0.15, 0.2) is 24.3 Å². The van der Waals surface area contributed by atoms with Gasteiger partial charge in [-0.3, -0.25) is 4.90 Å². The van der Waals surface area contributed by atoms with E-state index in [0.717, 1.165) is 74.4 Å². The van der Waals surface area contributed by atoms with Crippen LogP contribution in [-0.2, 0) is 24.2 Å². The Hall–Kier alpha value is -2.96. The van der Waals surface area contributed by atoms with Crippen LogP contribution in [0.5, 0.6) is 0 Å². The highest BCUT2D eigenvalue weighted by Gasteiger charge is 2.29. The van der Waals surface area contributed by atoms with E-state index >= 15 is 0 Å². The zero-order chi connectivity index (χ0) is 28.1. The van der Waals surface area contributed by atoms with Crippen molar-refractivity contribution in [1.82, 2.24) is 24.8 Å². The maximum Gasteiger partial charge on any atom is 0.411 e. The number of piperazine rings is 1. The first kappa shape index (κ1) is 28.6. The van der Waals surface area contributed by atoms with Gasteiger partial charge in [0.25, 0.3) is 0 Å². The number of piperidine rings is 1. The number of hydrogen-bond donors (Lipinski definition) is 2. The molecule has 2 N–H and O–H groups in total. The van der Waals surface area contributed by atoms with Crippen molar-refractivity contribution >= 4 is 28.5 Å². The summed E-state index contributed by atoms with van der Waals surface area (Å²) in [7, 11) is 0. The van der Waals surface area contributed by atoms with Gasteiger partial charge >= 0.3 is 6.18 Å². The summed E-state index contributed by atoms with van der Waals surface area (Å²) in [4.78, 5) is 14.6. The van der Waals surface area contributed by atoms with E-state index < -0.39 is 12.8 Å². The predicted molar refractivity (Wildman–Crippen MR) is 148 cm³/mol. The van der Waals surface area contributed by atoms with Crippen LogP contribution >= 0.6 is 0 Å². The van der Waals surface area contributed by atoms with Crippen LogP contribution in [0.25, 0.3) is 11.0 Å². The number of ether oxygens (including phenoxy) is 1. The highest BCUT2D eigenvalue weighted by atomic mass is 19.4. The lowest BCUT2D eigenvalue weighted by atomic mass is 10.1. The molecule has 0 spiro atoms. The van der Waals surface area contributed by atoms with E-state index in [1.165, 1.54) is 18.6 Å². The molecule has 40 heavy (non-hydrogen) atoms. The summed E-state index contributed by atoms with van der Waals surface area (Å²) in [6, 6.07) is 6.04. The molecule has 0 aliphatic carbocycles. The van der Waals surface area contributed by atoms with Crippen LogP contribution in [0, 0.1) is 5.82 Å². The summed E-state index contributed by atoms with van der Waals surface area (Å²) in [6.07, 6.45) is -0.204. The number of benzene rings is 1. The largest absolute Gasteiger partial charge is 0.411 e. The lowest BCUT2D eigenvalue weighted by Gasteiger charge is -2.28. The number of nitrogens with one attached hydrogen (secondary N) is 2. The van der Waals surface area contributed by atoms with Gasteiger partial charge in [0.15, 0.2) is 5.82 Å². The second-order valence-corrected chi connectivity index (χ2v) is 10.4. The zero-order valence-electron chi connectivity index (χ0n) is 22.9. The minimum absolute atomic E-state index is 0.102. The summed E-state index contributed by atoms with van der Waals surface area (Å²) in [5.41, 5.74) is 4.28. The van der Waals surface area contributed by atoms with E-state index in [9.17, 15) is 17.6 Å². The molecule has 8 nitrogen and oxygen atoms in total. The fourth-order valence-corrected chi connectivity index (χ4v) is 5.61. The van der Waals surface area contributed by atoms with Gasteiger partial charge in [-0.2, -0.15) is 18.2 Å². The molecule has 0 amide bonds. The number of alkyl halides is 3. The van der Waals surface area contributed by atoms with E-state index in [1.54, 1.807) is 12.1 Å². The number of hydrogen-bond acceptors (Lipinski definition) is 7. The number of anilines is 3. The van der Waals surface area contributed by atoms with Gasteiger partial charge < -0.3 is 24.8 Å². The summed E-state index contributed by atoms with van der Waals surface area (Å²) in [6.45, 7) is 6.76. The van der Waals surface area contributed by atoms with Gasteiger partial charge in [-0.1, -0.05) is 13.3 Å². The predicted octanol–water partition coefficient (Wildman–Crippen LogP) is 4.85. The molecule has 4 heterocycles.